The quantitative estimate of drug-likeness (QED) is 0.520. The minimum atomic E-state index is -2.34. The molecule has 1 aromatic carbocycles. The van der Waals surface area contributed by atoms with Crippen molar-refractivity contribution in [3.63, 3.8) is 0 Å². The van der Waals surface area contributed by atoms with Crippen molar-refractivity contribution in [2.45, 2.75) is 115 Å². The smallest absolute Gasteiger partial charge is 0.254 e. The van der Waals surface area contributed by atoms with Gasteiger partial charge < -0.3 is 10.2 Å². The summed E-state index contributed by atoms with van der Waals surface area (Å²) < 4.78 is 25.6. The number of benzene rings is 1. The van der Waals surface area contributed by atoms with Crippen LogP contribution in [0.2, 0.25) is 0 Å². The monoisotopic (exact) mass is 503 g/mol. The van der Waals surface area contributed by atoms with E-state index in [9.17, 15) is 23.2 Å². The normalized spacial score (nSPS) is 23.1. The summed E-state index contributed by atoms with van der Waals surface area (Å²) in [6.45, 7) is 4.51. The van der Waals surface area contributed by atoms with E-state index in [1.165, 1.54) is 32.1 Å². The molecule has 1 heterocycles. The zero-order valence-electron chi connectivity index (χ0n) is 21.5. The SMILES string of the molecule is Cc1ccc2c(c1)CN(C(C)CCC(=O)NC=O)C2=O.FC1(F)CC2(CC(NC3CCCCC3)C2)C1. The van der Waals surface area contributed by atoms with Crippen LogP contribution in [-0.2, 0) is 16.1 Å². The molecule has 36 heavy (non-hydrogen) atoms. The Hall–Kier alpha value is -2.35. The van der Waals surface area contributed by atoms with Crippen LogP contribution >= 0.6 is 0 Å². The second kappa shape index (κ2) is 11.0. The predicted molar refractivity (Wildman–Crippen MR) is 134 cm³/mol. The maximum Gasteiger partial charge on any atom is 0.254 e. The number of carbonyl (C=O) groups excluding carboxylic acids is 3. The number of rotatable bonds is 7. The van der Waals surface area contributed by atoms with Gasteiger partial charge in [-0.2, -0.15) is 0 Å². The summed E-state index contributed by atoms with van der Waals surface area (Å²) >= 11 is 0. The standard InChI is InChI=1S/C15H18N2O3.C13H21F2N/c1-10-3-5-13-12(7-10)8-17(15(13)20)11(2)4-6-14(19)16-9-18;14-13(15)8-12(9-13)6-11(7-12)16-10-4-2-1-3-5-10/h3,5,7,9,11H,4,6,8H2,1-2H3,(H,16,18,19);10-11,16H,1-9H2. The molecular weight excluding hydrogens is 464 g/mol. The molecule has 6 nitrogen and oxygen atoms in total. The molecule has 3 amide bonds. The first-order chi connectivity index (χ1) is 17.1. The topological polar surface area (TPSA) is 78.5 Å². The van der Waals surface area contributed by atoms with Gasteiger partial charge in [-0.25, -0.2) is 8.78 Å². The van der Waals surface area contributed by atoms with Crippen LogP contribution < -0.4 is 10.6 Å². The Bertz CT molecular complexity index is 961. The molecule has 0 aromatic heterocycles. The number of alkyl halides is 2. The van der Waals surface area contributed by atoms with Gasteiger partial charge in [0, 0.05) is 49.5 Å². The molecule has 3 aliphatic carbocycles. The lowest BCUT2D eigenvalue weighted by atomic mass is 9.52. The molecule has 3 fully saturated rings. The van der Waals surface area contributed by atoms with E-state index in [1.54, 1.807) is 4.90 Å². The van der Waals surface area contributed by atoms with Crippen LogP contribution in [-0.4, -0.2) is 47.2 Å². The van der Waals surface area contributed by atoms with Crippen molar-refractivity contribution in [2.24, 2.45) is 5.41 Å². The van der Waals surface area contributed by atoms with Gasteiger partial charge in [-0.15, -0.1) is 0 Å². The lowest BCUT2D eigenvalue weighted by molar-refractivity contribution is -0.199. The minimum absolute atomic E-state index is 0.0169. The molecule has 0 saturated heterocycles. The van der Waals surface area contributed by atoms with Gasteiger partial charge >= 0.3 is 0 Å². The highest BCUT2D eigenvalue weighted by Gasteiger charge is 2.61. The molecule has 1 unspecified atom stereocenters. The lowest BCUT2D eigenvalue weighted by Crippen LogP contribution is -2.60. The fourth-order valence-electron chi connectivity index (χ4n) is 6.50. The number of aryl methyl sites for hydroxylation is 1. The van der Waals surface area contributed by atoms with Crippen LogP contribution in [0.3, 0.4) is 0 Å². The lowest BCUT2D eigenvalue weighted by Gasteiger charge is -2.58. The van der Waals surface area contributed by atoms with Gasteiger partial charge in [0.05, 0.1) is 0 Å². The molecule has 1 aliphatic heterocycles. The molecule has 1 spiro atoms. The Kier molecular flexibility index (Phi) is 8.12. The van der Waals surface area contributed by atoms with Crippen molar-refractivity contribution >= 4 is 18.2 Å². The summed E-state index contributed by atoms with van der Waals surface area (Å²) in [7, 11) is 0. The van der Waals surface area contributed by atoms with Crippen LogP contribution in [0.25, 0.3) is 0 Å². The molecule has 1 aromatic rings. The zero-order chi connectivity index (χ0) is 25.9. The van der Waals surface area contributed by atoms with Crippen LogP contribution in [0, 0.1) is 12.3 Å². The minimum Gasteiger partial charge on any atom is -0.332 e. The van der Waals surface area contributed by atoms with E-state index in [4.69, 9.17) is 0 Å². The first-order valence-corrected chi connectivity index (χ1v) is 13.4. The van der Waals surface area contributed by atoms with Crippen molar-refractivity contribution in [3.8, 4) is 0 Å². The van der Waals surface area contributed by atoms with E-state index >= 15 is 0 Å². The molecule has 0 bridgehead atoms. The number of fused-ring (bicyclic) bond motifs is 1. The molecule has 4 aliphatic rings. The Morgan fingerprint density at radius 2 is 1.86 bits per heavy atom. The summed E-state index contributed by atoms with van der Waals surface area (Å²) in [5.74, 6) is -2.63. The number of nitrogens with zero attached hydrogens (tertiary/aromatic N) is 1. The van der Waals surface area contributed by atoms with Crippen molar-refractivity contribution in [1.29, 1.82) is 0 Å². The van der Waals surface area contributed by atoms with Crippen LogP contribution in [0.1, 0.15) is 99.0 Å². The molecule has 2 N–H and O–H groups in total. The van der Waals surface area contributed by atoms with Crippen LogP contribution in [0.5, 0.6) is 0 Å². The summed E-state index contributed by atoms with van der Waals surface area (Å²) in [4.78, 5) is 35.5. The average molecular weight is 504 g/mol. The van der Waals surface area contributed by atoms with E-state index in [0.717, 1.165) is 29.5 Å². The highest BCUT2D eigenvalue weighted by Crippen LogP contribution is 2.62. The largest absolute Gasteiger partial charge is 0.332 e. The highest BCUT2D eigenvalue weighted by atomic mass is 19.3. The van der Waals surface area contributed by atoms with Gasteiger partial charge in [0.25, 0.3) is 5.91 Å². The van der Waals surface area contributed by atoms with Crippen molar-refractivity contribution < 1.29 is 23.2 Å². The fourth-order valence-corrected chi connectivity index (χ4v) is 6.50. The molecule has 5 rings (SSSR count). The third-order valence-corrected chi connectivity index (χ3v) is 8.34. The van der Waals surface area contributed by atoms with Gasteiger partial charge in [0.15, 0.2) is 0 Å². The summed E-state index contributed by atoms with van der Waals surface area (Å²) in [6.07, 6.45) is 10.1. The van der Waals surface area contributed by atoms with E-state index in [1.807, 2.05) is 32.0 Å². The third-order valence-electron chi connectivity index (χ3n) is 8.34. The van der Waals surface area contributed by atoms with E-state index in [2.05, 4.69) is 10.6 Å². The second-order valence-electron chi connectivity index (χ2n) is 11.5. The first-order valence-electron chi connectivity index (χ1n) is 13.4. The maximum absolute atomic E-state index is 12.8. The number of halogens is 2. The summed E-state index contributed by atoms with van der Waals surface area (Å²) in [5.41, 5.74) is 2.96. The number of amides is 3. The molecule has 8 heteroatoms. The van der Waals surface area contributed by atoms with Gasteiger partial charge in [0.2, 0.25) is 18.2 Å². The number of imide groups is 1. The Morgan fingerprint density at radius 1 is 1.17 bits per heavy atom. The molecule has 3 saturated carbocycles. The molecule has 1 atom stereocenters. The molecule has 0 radical (unpaired) electrons. The van der Waals surface area contributed by atoms with Crippen molar-refractivity contribution in [1.82, 2.24) is 15.5 Å². The number of hydrogen-bond acceptors (Lipinski definition) is 4. The summed E-state index contributed by atoms with van der Waals surface area (Å²) in [6, 6.07) is 7.00. The highest BCUT2D eigenvalue weighted by molar-refractivity contribution is 5.98. The number of hydrogen-bond donors (Lipinski definition) is 2. The van der Waals surface area contributed by atoms with E-state index in [-0.39, 0.29) is 42.5 Å². The fraction of sp³-hybridized carbons (Fsp3) is 0.679. The number of carbonyl (C=O) groups is 3. The summed E-state index contributed by atoms with van der Waals surface area (Å²) in [5, 5.41) is 5.77. The van der Waals surface area contributed by atoms with Gasteiger partial charge in [-0.1, -0.05) is 37.0 Å². The Morgan fingerprint density at radius 3 is 2.50 bits per heavy atom. The van der Waals surface area contributed by atoms with Gasteiger partial charge in [0.1, 0.15) is 0 Å². The van der Waals surface area contributed by atoms with Gasteiger partial charge in [-0.3, -0.25) is 19.7 Å². The molecular formula is C28H39F2N3O3. The van der Waals surface area contributed by atoms with Crippen LogP contribution in [0.15, 0.2) is 18.2 Å². The van der Waals surface area contributed by atoms with Crippen molar-refractivity contribution in [3.05, 3.63) is 34.9 Å². The second-order valence-corrected chi connectivity index (χ2v) is 11.5. The maximum atomic E-state index is 12.8. The van der Waals surface area contributed by atoms with E-state index in [0.29, 0.717) is 31.5 Å². The van der Waals surface area contributed by atoms with Gasteiger partial charge in [-0.05, 0) is 63.0 Å². The first kappa shape index (κ1) is 26.7. The van der Waals surface area contributed by atoms with Crippen LogP contribution in [0.4, 0.5) is 8.78 Å². The average Bonchev–Trinajstić information content (AvgIpc) is 3.12. The molecule has 198 valence electrons. The number of nitrogens with one attached hydrogen (secondary N) is 2. The Labute approximate surface area is 212 Å². The van der Waals surface area contributed by atoms with Crippen molar-refractivity contribution in [2.75, 3.05) is 0 Å². The van der Waals surface area contributed by atoms with E-state index < -0.39 is 5.92 Å². The third kappa shape index (κ3) is 6.31. The Balaban J connectivity index is 0.000000173. The zero-order valence-corrected chi connectivity index (χ0v) is 21.5. The predicted octanol–water partition coefficient (Wildman–Crippen LogP) is 4.88.